The molecule has 2 aromatic rings. The van der Waals surface area contributed by atoms with Gasteiger partial charge in [-0.2, -0.15) is 0 Å². The molecule has 0 saturated carbocycles. The first-order valence-corrected chi connectivity index (χ1v) is 6.21. The van der Waals surface area contributed by atoms with E-state index in [1.165, 1.54) is 17.2 Å². The van der Waals surface area contributed by atoms with Crippen LogP contribution in [0.2, 0.25) is 0 Å². The third-order valence-corrected chi connectivity index (χ3v) is 3.23. The van der Waals surface area contributed by atoms with E-state index in [4.69, 9.17) is 0 Å². The van der Waals surface area contributed by atoms with Crippen LogP contribution >= 0.6 is 0 Å². The SMILES string of the molecule is Cc1ccccc1CN[C@H](C)c1ccccc1F. The molecule has 2 rings (SSSR count). The van der Waals surface area contributed by atoms with Crippen LogP contribution in [0.15, 0.2) is 48.5 Å². The van der Waals surface area contributed by atoms with Gasteiger partial charge in [-0.05, 0) is 31.0 Å². The van der Waals surface area contributed by atoms with Crippen molar-refractivity contribution in [2.24, 2.45) is 0 Å². The molecule has 2 aromatic carbocycles. The standard InChI is InChI=1S/C16H18FN/c1-12-7-3-4-8-14(12)11-18-13(2)15-9-5-6-10-16(15)17/h3-10,13,18H,11H2,1-2H3/t13-/m1/s1. The van der Waals surface area contributed by atoms with Crippen molar-refractivity contribution in [3.63, 3.8) is 0 Å². The number of benzene rings is 2. The van der Waals surface area contributed by atoms with Crippen molar-refractivity contribution in [2.45, 2.75) is 26.4 Å². The molecule has 0 aliphatic heterocycles. The van der Waals surface area contributed by atoms with Gasteiger partial charge in [0.25, 0.3) is 0 Å². The van der Waals surface area contributed by atoms with Gasteiger partial charge in [0.2, 0.25) is 0 Å². The van der Waals surface area contributed by atoms with E-state index < -0.39 is 0 Å². The first kappa shape index (κ1) is 12.8. The van der Waals surface area contributed by atoms with Gasteiger partial charge in [0, 0.05) is 18.2 Å². The zero-order valence-electron chi connectivity index (χ0n) is 10.8. The smallest absolute Gasteiger partial charge is 0.127 e. The van der Waals surface area contributed by atoms with Crippen LogP contribution in [0.3, 0.4) is 0 Å². The summed E-state index contributed by atoms with van der Waals surface area (Å²) in [6, 6.07) is 15.1. The van der Waals surface area contributed by atoms with Gasteiger partial charge in [-0.1, -0.05) is 42.5 Å². The fourth-order valence-electron chi connectivity index (χ4n) is 2.01. The van der Waals surface area contributed by atoms with E-state index in [1.54, 1.807) is 6.07 Å². The van der Waals surface area contributed by atoms with Crippen LogP contribution in [-0.4, -0.2) is 0 Å². The molecule has 0 aliphatic carbocycles. The Hall–Kier alpha value is -1.67. The molecule has 0 unspecified atom stereocenters. The van der Waals surface area contributed by atoms with E-state index in [-0.39, 0.29) is 11.9 Å². The van der Waals surface area contributed by atoms with E-state index in [1.807, 2.05) is 31.2 Å². The van der Waals surface area contributed by atoms with Crippen LogP contribution in [0.5, 0.6) is 0 Å². The Bertz CT molecular complexity index is 522. The van der Waals surface area contributed by atoms with E-state index >= 15 is 0 Å². The minimum Gasteiger partial charge on any atom is -0.306 e. The quantitative estimate of drug-likeness (QED) is 0.856. The first-order valence-electron chi connectivity index (χ1n) is 6.21. The van der Waals surface area contributed by atoms with Gasteiger partial charge in [-0.15, -0.1) is 0 Å². The van der Waals surface area contributed by atoms with Crippen molar-refractivity contribution in [1.29, 1.82) is 0 Å². The number of nitrogens with one attached hydrogen (secondary N) is 1. The Balaban J connectivity index is 2.03. The average molecular weight is 243 g/mol. The van der Waals surface area contributed by atoms with E-state index in [2.05, 4.69) is 24.4 Å². The summed E-state index contributed by atoms with van der Waals surface area (Å²) in [5.74, 6) is -0.151. The summed E-state index contributed by atoms with van der Waals surface area (Å²) in [4.78, 5) is 0. The third-order valence-electron chi connectivity index (χ3n) is 3.23. The van der Waals surface area contributed by atoms with E-state index in [9.17, 15) is 4.39 Å². The highest BCUT2D eigenvalue weighted by Gasteiger charge is 2.09. The molecule has 94 valence electrons. The molecule has 0 saturated heterocycles. The summed E-state index contributed by atoms with van der Waals surface area (Å²) >= 11 is 0. The molecular weight excluding hydrogens is 225 g/mol. The number of hydrogen-bond donors (Lipinski definition) is 1. The predicted molar refractivity (Wildman–Crippen MR) is 72.8 cm³/mol. The number of aryl methyl sites for hydroxylation is 1. The minimum atomic E-state index is -0.151. The lowest BCUT2D eigenvalue weighted by atomic mass is 10.1. The summed E-state index contributed by atoms with van der Waals surface area (Å²) in [6.07, 6.45) is 0. The molecule has 0 bridgehead atoms. The Kier molecular flexibility index (Phi) is 4.11. The topological polar surface area (TPSA) is 12.0 Å². The Labute approximate surface area is 108 Å². The number of hydrogen-bond acceptors (Lipinski definition) is 1. The predicted octanol–water partition coefficient (Wildman–Crippen LogP) is 3.98. The van der Waals surface area contributed by atoms with Crippen molar-refractivity contribution >= 4 is 0 Å². The highest BCUT2D eigenvalue weighted by atomic mass is 19.1. The summed E-state index contributed by atoms with van der Waals surface area (Å²) < 4.78 is 13.6. The highest BCUT2D eigenvalue weighted by molar-refractivity contribution is 5.26. The van der Waals surface area contributed by atoms with Crippen LogP contribution < -0.4 is 5.32 Å². The Morgan fingerprint density at radius 2 is 1.72 bits per heavy atom. The summed E-state index contributed by atoms with van der Waals surface area (Å²) in [6.45, 7) is 4.82. The zero-order chi connectivity index (χ0) is 13.0. The van der Waals surface area contributed by atoms with Crippen molar-refractivity contribution in [3.8, 4) is 0 Å². The zero-order valence-corrected chi connectivity index (χ0v) is 10.8. The lowest BCUT2D eigenvalue weighted by Gasteiger charge is -2.16. The van der Waals surface area contributed by atoms with Crippen LogP contribution in [0.25, 0.3) is 0 Å². The molecule has 0 fully saturated rings. The third kappa shape index (κ3) is 2.96. The van der Waals surface area contributed by atoms with Crippen LogP contribution in [0.1, 0.15) is 29.7 Å². The summed E-state index contributed by atoms with van der Waals surface area (Å²) in [5.41, 5.74) is 3.22. The maximum Gasteiger partial charge on any atom is 0.127 e. The van der Waals surface area contributed by atoms with Crippen molar-refractivity contribution in [3.05, 3.63) is 71.0 Å². The van der Waals surface area contributed by atoms with Crippen LogP contribution in [0, 0.1) is 12.7 Å². The molecule has 0 aromatic heterocycles. The molecule has 0 heterocycles. The number of halogens is 1. The molecule has 0 spiro atoms. The van der Waals surface area contributed by atoms with Gasteiger partial charge in [0.15, 0.2) is 0 Å². The fraction of sp³-hybridized carbons (Fsp3) is 0.250. The fourth-order valence-corrected chi connectivity index (χ4v) is 2.01. The highest BCUT2D eigenvalue weighted by Crippen LogP contribution is 2.17. The molecule has 2 heteroatoms. The average Bonchev–Trinajstić information content (AvgIpc) is 2.38. The molecule has 18 heavy (non-hydrogen) atoms. The van der Waals surface area contributed by atoms with Gasteiger partial charge >= 0.3 is 0 Å². The lowest BCUT2D eigenvalue weighted by Crippen LogP contribution is -2.19. The molecule has 0 amide bonds. The lowest BCUT2D eigenvalue weighted by molar-refractivity contribution is 0.527. The normalized spacial score (nSPS) is 12.4. The summed E-state index contributed by atoms with van der Waals surface area (Å²) in [5, 5.41) is 3.36. The van der Waals surface area contributed by atoms with Crippen molar-refractivity contribution in [2.75, 3.05) is 0 Å². The maximum absolute atomic E-state index is 13.6. The molecule has 0 aliphatic rings. The maximum atomic E-state index is 13.6. The second-order valence-corrected chi connectivity index (χ2v) is 4.55. The Morgan fingerprint density at radius 3 is 2.44 bits per heavy atom. The van der Waals surface area contributed by atoms with Gasteiger partial charge in [0.05, 0.1) is 0 Å². The second-order valence-electron chi connectivity index (χ2n) is 4.55. The first-order chi connectivity index (χ1) is 8.68. The van der Waals surface area contributed by atoms with Crippen LogP contribution in [-0.2, 0) is 6.54 Å². The van der Waals surface area contributed by atoms with Crippen molar-refractivity contribution < 1.29 is 4.39 Å². The molecule has 1 N–H and O–H groups in total. The molecule has 1 nitrogen and oxygen atoms in total. The molecule has 0 radical (unpaired) electrons. The monoisotopic (exact) mass is 243 g/mol. The molecule has 1 atom stereocenters. The van der Waals surface area contributed by atoms with Gasteiger partial charge in [0.1, 0.15) is 5.82 Å². The van der Waals surface area contributed by atoms with Crippen molar-refractivity contribution in [1.82, 2.24) is 5.32 Å². The number of rotatable bonds is 4. The van der Waals surface area contributed by atoms with Gasteiger partial charge in [-0.25, -0.2) is 4.39 Å². The van der Waals surface area contributed by atoms with Gasteiger partial charge in [-0.3, -0.25) is 0 Å². The molecular formula is C16H18FN. The van der Waals surface area contributed by atoms with E-state index in [0.717, 1.165) is 6.54 Å². The van der Waals surface area contributed by atoms with E-state index in [0.29, 0.717) is 5.56 Å². The van der Waals surface area contributed by atoms with Crippen LogP contribution in [0.4, 0.5) is 4.39 Å². The second kappa shape index (κ2) is 5.78. The minimum absolute atomic E-state index is 0.00538. The van der Waals surface area contributed by atoms with Gasteiger partial charge < -0.3 is 5.32 Å². The summed E-state index contributed by atoms with van der Waals surface area (Å²) in [7, 11) is 0. The Morgan fingerprint density at radius 1 is 1.06 bits per heavy atom. The largest absolute Gasteiger partial charge is 0.306 e.